The Hall–Kier alpha value is -4.85. The first-order valence-corrected chi connectivity index (χ1v) is 11.3. The van der Waals surface area contributed by atoms with Crippen molar-refractivity contribution in [2.45, 2.75) is 6.92 Å². The Morgan fingerprint density at radius 1 is 0.750 bits per heavy atom. The largest absolute Gasteiger partial charge is 0.497 e. The first-order chi connectivity index (χ1) is 17.5. The van der Waals surface area contributed by atoms with Gasteiger partial charge < -0.3 is 25.4 Å². The normalized spacial score (nSPS) is 10.6. The van der Waals surface area contributed by atoms with Gasteiger partial charge in [0.15, 0.2) is 0 Å². The summed E-state index contributed by atoms with van der Waals surface area (Å²) >= 11 is 0. The second-order valence-corrected chi connectivity index (χ2v) is 7.87. The quantitative estimate of drug-likeness (QED) is 0.255. The molecule has 0 unspecified atom stereocenters. The number of anilines is 5. The molecule has 1 amide bonds. The van der Waals surface area contributed by atoms with Crippen LogP contribution in [0.15, 0.2) is 84.9 Å². The van der Waals surface area contributed by atoms with E-state index in [0.717, 1.165) is 34.1 Å². The van der Waals surface area contributed by atoms with Crippen LogP contribution in [0.1, 0.15) is 11.3 Å². The van der Waals surface area contributed by atoms with Gasteiger partial charge in [-0.25, -0.2) is 4.98 Å². The van der Waals surface area contributed by atoms with Crippen LogP contribution in [0.25, 0.3) is 6.08 Å². The van der Waals surface area contributed by atoms with Crippen LogP contribution < -0.4 is 25.4 Å². The van der Waals surface area contributed by atoms with Gasteiger partial charge in [-0.2, -0.15) is 4.98 Å². The second-order valence-electron chi connectivity index (χ2n) is 7.87. The molecule has 8 heteroatoms. The molecule has 0 aliphatic heterocycles. The number of rotatable bonds is 9. The molecule has 36 heavy (non-hydrogen) atoms. The molecule has 0 aliphatic rings. The Labute approximate surface area is 210 Å². The minimum Gasteiger partial charge on any atom is -0.497 e. The first kappa shape index (κ1) is 24.3. The third-order valence-corrected chi connectivity index (χ3v) is 5.17. The van der Waals surface area contributed by atoms with Gasteiger partial charge in [-0.1, -0.05) is 12.1 Å². The fraction of sp³-hybridized carbons (Fsp3) is 0.107. The van der Waals surface area contributed by atoms with Crippen molar-refractivity contribution in [3.8, 4) is 11.5 Å². The van der Waals surface area contributed by atoms with E-state index in [4.69, 9.17) is 9.47 Å². The Bertz CT molecular complexity index is 1340. The third kappa shape index (κ3) is 6.83. The molecule has 0 bridgehead atoms. The molecule has 0 saturated carbocycles. The molecule has 4 rings (SSSR count). The lowest BCUT2D eigenvalue weighted by atomic mass is 10.2. The lowest BCUT2D eigenvalue weighted by Crippen LogP contribution is -2.07. The maximum absolute atomic E-state index is 12.3. The van der Waals surface area contributed by atoms with E-state index in [2.05, 4.69) is 25.9 Å². The van der Waals surface area contributed by atoms with Crippen molar-refractivity contribution in [1.29, 1.82) is 0 Å². The summed E-state index contributed by atoms with van der Waals surface area (Å²) in [5.74, 6) is 2.47. The molecule has 0 fully saturated rings. The Morgan fingerprint density at radius 2 is 1.31 bits per heavy atom. The number of carbonyl (C=O) groups excluding carboxylic acids is 1. The summed E-state index contributed by atoms with van der Waals surface area (Å²) in [5.41, 5.74) is 4.08. The molecule has 1 aromatic heterocycles. The Morgan fingerprint density at radius 3 is 1.94 bits per heavy atom. The number of nitrogens with one attached hydrogen (secondary N) is 3. The highest BCUT2D eigenvalue weighted by atomic mass is 16.5. The highest BCUT2D eigenvalue weighted by Gasteiger charge is 2.05. The smallest absolute Gasteiger partial charge is 0.248 e. The number of hydrogen-bond acceptors (Lipinski definition) is 7. The molecule has 1 heterocycles. The number of hydrogen-bond donors (Lipinski definition) is 3. The van der Waals surface area contributed by atoms with Crippen molar-refractivity contribution in [2.75, 3.05) is 30.2 Å². The van der Waals surface area contributed by atoms with Crippen LogP contribution in [-0.2, 0) is 4.79 Å². The maximum Gasteiger partial charge on any atom is 0.248 e. The van der Waals surface area contributed by atoms with Gasteiger partial charge in [0.25, 0.3) is 0 Å². The van der Waals surface area contributed by atoms with Gasteiger partial charge >= 0.3 is 0 Å². The molecular formula is C28H27N5O3. The van der Waals surface area contributed by atoms with Gasteiger partial charge in [0.05, 0.1) is 14.2 Å². The molecule has 0 radical (unpaired) electrons. The zero-order valence-electron chi connectivity index (χ0n) is 20.3. The van der Waals surface area contributed by atoms with Gasteiger partial charge in [-0.15, -0.1) is 0 Å². The Kier molecular flexibility index (Phi) is 7.77. The van der Waals surface area contributed by atoms with Crippen LogP contribution in [0.3, 0.4) is 0 Å². The molecule has 8 nitrogen and oxygen atoms in total. The molecule has 0 saturated heterocycles. The summed E-state index contributed by atoms with van der Waals surface area (Å²) in [6.07, 6.45) is 3.24. The molecule has 0 atom stereocenters. The summed E-state index contributed by atoms with van der Waals surface area (Å²) in [4.78, 5) is 21.3. The number of nitrogens with zero attached hydrogens (tertiary/aromatic N) is 2. The number of ether oxygens (including phenoxy) is 2. The van der Waals surface area contributed by atoms with Crippen molar-refractivity contribution in [1.82, 2.24) is 9.97 Å². The van der Waals surface area contributed by atoms with Gasteiger partial charge in [0.1, 0.15) is 17.3 Å². The number of amides is 1. The van der Waals surface area contributed by atoms with Crippen molar-refractivity contribution in [3.63, 3.8) is 0 Å². The van der Waals surface area contributed by atoms with Crippen molar-refractivity contribution in [2.24, 2.45) is 0 Å². The van der Waals surface area contributed by atoms with Crippen molar-refractivity contribution in [3.05, 3.63) is 96.2 Å². The molecule has 0 spiro atoms. The Balaban J connectivity index is 1.35. The van der Waals surface area contributed by atoms with Crippen LogP contribution in [0.4, 0.5) is 28.8 Å². The van der Waals surface area contributed by atoms with Crippen molar-refractivity contribution < 1.29 is 14.3 Å². The molecule has 4 aromatic rings. The van der Waals surface area contributed by atoms with E-state index in [9.17, 15) is 4.79 Å². The summed E-state index contributed by atoms with van der Waals surface area (Å²) in [5, 5.41) is 9.33. The zero-order chi connectivity index (χ0) is 25.3. The molecule has 182 valence electrons. The molecule has 3 aromatic carbocycles. The lowest BCUT2D eigenvalue weighted by Gasteiger charge is -2.11. The van der Waals surface area contributed by atoms with Gasteiger partial charge in [0.2, 0.25) is 11.9 Å². The predicted molar refractivity (Wildman–Crippen MR) is 143 cm³/mol. The van der Waals surface area contributed by atoms with Crippen LogP contribution >= 0.6 is 0 Å². The van der Waals surface area contributed by atoms with E-state index < -0.39 is 0 Å². The van der Waals surface area contributed by atoms with E-state index in [-0.39, 0.29) is 5.91 Å². The number of aryl methyl sites for hydroxylation is 1. The molecular weight excluding hydrogens is 454 g/mol. The zero-order valence-corrected chi connectivity index (χ0v) is 20.3. The molecule has 3 N–H and O–H groups in total. The fourth-order valence-corrected chi connectivity index (χ4v) is 3.35. The number of benzene rings is 3. The van der Waals surface area contributed by atoms with Gasteiger partial charge in [-0.3, -0.25) is 4.79 Å². The first-order valence-electron chi connectivity index (χ1n) is 11.3. The number of aromatic nitrogens is 2. The van der Waals surface area contributed by atoms with Crippen LogP contribution in [0.5, 0.6) is 11.5 Å². The SMILES string of the molecule is COc1ccc(/C=C/C(=O)Nc2ccc(Nc3nc(C)cc(Nc4ccc(OC)cc4)n3)cc2)cc1. The van der Waals surface area contributed by atoms with Crippen LogP contribution in [0, 0.1) is 6.92 Å². The number of methoxy groups -OCH3 is 2. The minimum absolute atomic E-state index is 0.220. The van der Waals surface area contributed by atoms with Crippen molar-refractivity contribution >= 4 is 40.8 Å². The van der Waals surface area contributed by atoms with Gasteiger partial charge in [0, 0.05) is 34.9 Å². The summed E-state index contributed by atoms with van der Waals surface area (Å²) in [7, 11) is 3.25. The number of carbonyl (C=O) groups is 1. The summed E-state index contributed by atoms with van der Waals surface area (Å²) < 4.78 is 10.3. The predicted octanol–water partition coefficient (Wildman–Crippen LogP) is 5.94. The second kappa shape index (κ2) is 11.5. The average Bonchev–Trinajstić information content (AvgIpc) is 2.89. The standard InChI is InChI=1S/C28H27N5O3/c1-19-18-26(30-21-11-15-25(36-3)16-12-21)33-28(29-19)32-23-9-7-22(8-10-23)31-27(34)17-6-20-4-13-24(35-2)14-5-20/h4-18H,1-3H3,(H,31,34)(H2,29,30,32,33)/b17-6+. The van der Waals surface area contributed by atoms with E-state index in [1.807, 2.05) is 85.8 Å². The maximum atomic E-state index is 12.3. The van der Waals surface area contributed by atoms with Gasteiger partial charge in [-0.05, 0) is 79.2 Å². The average molecular weight is 482 g/mol. The molecule has 0 aliphatic carbocycles. The third-order valence-electron chi connectivity index (χ3n) is 5.17. The van der Waals surface area contributed by atoms with Crippen LogP contribution in [0.2, 0.25) is 0 Å². The highest BCUT2D eigenvalue weighted by Crippen LogP contribution is 2.22. The summed E-state index contributed by atoms with van der Waals surface area (Å²) in [6, 6.07) is 24.3. The highest BCUT2D eigenvalue weighted by molar-refractivity contribution is 6.02. The fourth-order valence-electron chi connectivity index (χ4n) is 3.35. The lowest BCUT2D eigenvalue weighted by molar-refractivity contribution is -0.111. The summed E-state index contributed by atoms with van der Waals surface area (Å²) in [6.45, 7) is 1.91. The van der Waals surface area contributed by atoms with E-state index in [1.165, 1.54) is 6.08 Å². The minimum atomic E-state index is -0.220. The van der Waals surface area contributed by atoms with E-state index >= 15 is 0 Å². The van der Waals surface area contributed by atoms with E-state index in [0.29, 0.717) is 17.5 Å². The van der Waals surface area contributed by atoms with E-state index in [1.54, 1.807) is 20.3 Å². The monoisotopic (exact) mass is 481 g/mol. The van der Waals surface area contributed by atoms with Crippen LogP contribution in [-0.4, -0.2) is 30.1 Å². The topological polar surface area (TPSA) is 97.4 Å².